The molecular formula is C23H26F3N3O2S. The number of carbonyl (C=O) groups excluding carboxylic acids is 1. The minimum atomic E-state index is -4.48. The zero-order valence-electron chi connectivity index (χ0n) is 18.0. The molecule has 9 heteroatoms. The molecule has 2 aromatic rings. The summed E-state index contributed by atoms with van der Waals surface area (Å²) in [7, 11) is 0. The Kier molecular flexibility index (Phi) is 7.60. The fraction of sp³-hybridized carbons (Fsp3) is 0.391. The first-order chi connectivity index (χ1) is 15.1. The molecule has 32 heavy (non-hydrogen) atoms. The number of piperidine rings is 1. The highest BCUT2D eigenvalue weighted by atomic mass is 32.1. The third-order valence-electron chi connectivity index (χ3n) is 5.37. The molecule has 1 amide bonds. The third-order valence-corrected chi connectivity index (χ3v) is 5.57. The first-order valence-electron chi connectivity index (χ1n) is 10.4. The highest BCUT2D eigenvalue weighted by molar-refractivity contribution is 7.80. The summed E-state index contributed by atoms with van der Waals surface area (Å²) in [6.07, 6.45) is -1.45. The Morgan fingerprint density at radius 1 is 1.06 bits per heavy atom. The van der Waals surface area contributed by atoms with Gasteiger partial charge in [0.1, 0.15) is 5.75 Å². The molecule has 1 fully saturated rings. The zero-order chi connectivity index (χ0) is 23.3. The number of hydrogen-bond donors (Lipinski definition) is 2. The second-order valence-corrected chi connectivity index (χ2v) is 8.22. The summed E-state index contributed by atoms with van der Waals surface area (Å²) >= 11 is 5.18. The molecule has 5 nitrogen and oxygen atoms in total. The van der Waals surface area contributed by atoms with Gasteiger partial charge in [0.15, 0.2) is 11.7 Å². The molecule has 1 saturated heterocycles. The SMILES string of the molecule is Cc1ccc(OCC(=O)NC(=S)Nc2cc(C(F)(F)F)ccc2N2CCCCC2)cc1C. The molecule has 3 rings (SSSR count). The van der Waals surface area contributed by atoms with E-state index < -0.39 is 17.6 Å². The fourth-order valence-electron chi connectivity index (χ4n) is 3.49. The van der Waals surface area contributed by atoms with Crippen LogP contribution in [0.1, 0.15) is 36.0 Å². The van der Waals surface area contributed by atoms with E-state index in [1.165, 1.54) is 6.07 Å². The summed E-state index contributed by atoms with van der Waals surface area (Å²) in [5, 5.41) is 5.15. The Balaban J connectivity index is 1.66. The lowest BCUT2D eigenvalue weighted by Crippen LogP contribution is -2.38. The highest BCUT2D eigenvalue weighted by Crippen LogP contribution is 2.36. The average molecular weight is 466 g/mol. The normalized spacial score (nSPS) is 14.1. The molecule has 1 aliphatic heterocycles. The molecule has 0 aliphatic carbocycles. The maximum atomic E-state index is 13.2. The molecule has 0 bridgehead atoms. The van der Waals surface area contributed by atoms with E-state index in [2.05, 4.69) is 10.6 Å². The van der Waals surface area contributed by atoms with Gasteiger partial charge < -0.3 is 15.0 Å². The third kappa shape index (κ3) is 6.35. The fourth-order valence-corrected chi connectivity index (χ4v) is 3.72. The van der Waals surface area contributed by atoms with Crippen LogP contribution in [0.2, 0.25) is 0 Å². The van der Waals surface area contributed by atoms with E-state index in [-0.39, 0.29) is 17.4 Å². The van der Waals surface area contributed by atoms with Crippen LogP contribution < -0.4 is 20.3 Å². The first kappa shape index (κ1) is 23.8. The minimum Gasteiger partial charge on any atom is -0.484 e. The van der Waals surface area contributed by atoms with Gasteiger partial charge in [-0.25, -0.2) is 0 Å². The molecule has 2 aromatic carbocycles. The van der Waals surface area contributed by atoms with Crippen molar-refractivity contribution in [2.24, 2.45) is 0 Å². The Morgan fingerprint density at radius 2 is 1.78 bits per heavy atom. The largest absolute Gasteiger partial charge is 0.484 e. The van der Waals surface area contributed by atoms with E-state index in [9.17, 15) is 18.0 Å². The van der Waals surface area contributed by atoms with Crippen LogP contribution in [0.4, 0.5) is 24.5 Å². The van der Waals surface area contributed by atoms with Crippen LogP contribution in [-0.4, -0.2) is 30.7 Å². The van der Waals surface area contributed by atoms with E-state index >= 15 is 0 Å². The number of carbonyl (C=O) groups is 1. The number of ether oxygens (including phenoxy) is 1. The van der Waals surface area contributed by atoms with Gasteiger partial charge in [-0.3, -0.25) is 10.1 Å². The van der Waals surface area contributed by atoms with Gasteiger partial charge in [-0.2, -0.15) is 13.2 Å². The predicted octanol–water partition coefficient (Wildman–Crippen LogP) is 5.20. The monoisotopic (exact) mass is 465 g/mol. The number of nitrogens with one attached hydrogen (secondary N) is 2. The number of hydrogen-bond acceptors (Lipinski definition) is 4. The average Bonchev–Trinajstić information content (AvgIpc) is 2.74. The number of nitrogens with zero attached hydrogens (tertiary/aromatic N) is 1. The van der Waals surface area contributed by atoms with Gasteiger partial charge in [-0.15, -0.1) is 0 Å². The van der Waals surface area contributed by atoms with E-state index in [4.69, 9.17) is 17.0 Å². The van der Waals surface area contributed by atoms with Gasteiger partial charge in [0.05, 0.1) is 16.9 Å². The molecule has 0 spiro atoms. The Labute approximate surface area is 190 Å². The number of halogens is 3. The van der Waals surface area contributed by atoms with Crippen molar-refractivity contribution < 1.29 is 22.7 Å². The Hall–Kier alpha value is -2.81. The van der Waals surface area contributed by atoms with Crippen LogP contribution in [0.25, 0.3) is 0 Å². The topological polar surface area (TPSA) is 53.6 Å². The molecular weight excluding hydrogens is 439 g/mol. The molecule has 0 saturated carbocycles. The number of anilines is 2. The number of rotatable bonds is 5. The zero-order valence-corrected chi connectivity index (χ0v) is 18.8. The van der Waals surface area contributed by atoms with Gasteiger partial charge in [-0.1, -0.05) is 6.07 Å². The van der Waals surface area contributed by atoms with Gasteiger partial charge in [-0.05, 0) is 86.8 Å². The first-order valence-corrected chi connectivity index (χ1v) is 10.8. The predicted molar refractivity (Wildman–Crippen MR) is 123 cm³/mol. The molecule has 0 radical (unpaired) electrons. The molecule has 1 aliphatic rings. The van der Waals surface area contributed by atoms with Crippen LogP contribution in [0, 0.1) is 13.8 Å². The van der Waals surface area contributed by atoms with Gasteiger partial charge in [0, 0.05) is 13.1 Å². The van der Waals surface area contributed by atoms with Gasteiger partial charge in [0.25, 0.3) is 5.91 Å². The van der Waals surface area contributed by atoms with Crippen molar-refractivity contribution in [1.82, 2.24) is 5.32 Å². The van der Waals surface area contributed by atoms with Crippen molar-refractivity contribution in [1.29, 1.82) is 0 Å². The van der Waals surface area contributed by atoms with Crippen molar-refractivity contribution in [2.75, 3.05) is 29.9 Å². The quantitative estimate of drug-likeness (QED) is 0.594. The molecule has 0 atom stereocenters. The standard InChI is InChI=1S/C23H26F3N3O2S/c1-15-6-8-18(12-16(15)2)31-14-21(30)28-22(32)27-19-13-17(23(24,25)26)7-9-20(19)29-10-4-3-5-11-29/h6-9,12-13H,3-5,10-11,14H2,1-2H3,(H2,27,28,30,32). The van der Waals surface area contributed by atoms with Crippen LogP contribution >= 0.6 is 12.2 Å². The number of thiocarbonyl (C=S) groups is 1. The molecule has 0 aromatic heterocycles. The lowest BCUT2D eigenvalue weighted by molar-refractivity contribution is -0.137. The smallest absolute Gasteiger partial charge is 0.416 e. The lowest BCUT2D eigenvalue weighted by Gasteiger charge is -2.31. The van der Waals surface area contributed by atoms with Crippen LogP contribution in [0.15, 0.2) is 36.4 Å². The summed E-state index contributed by atoms with van der Waals surface area (Å²) in [4.78, 5) is 14.3. The van der Waals surface area contributed by atoms with Crippen molar-refractivity contribution in [3.63, 3.8) is 0 Å². The lowest BCUT2D eigenvalue weighted by atomic mass is 10.1. The second-order valence-electron chi connectivity index (χ2n) is 7.81. The number of aryl methyl sites for hydroxylation is 2. The van der Waals surface area contributed by atoms with Crippen molar-refractivity contribution in [2.45, 2.75) is 39.3 Å². The summed E-state index contributed by atoms with van der Waals surface area (Å²) in [6.45, 7) is 5.15. The van der Waals surface area contributed by atoms with Crippen molar-refractivity contribution >= 4 is 34.6 Å². The Morgan fingerprint density at radius 3 is 2.44 bits per heavy atom. The molecule has 1 heterocycles. The minimum absolute atomic E-state index is 0.0868. The van der Waals surface area contributed by atoms with Gasteiger partial charge in [0.2, 0.25) is 0 Å². The van der Waals surface area contributed by atoms with Gasteiger partial charge >= 0.3 is 6.18 Å². The van der Waals surface area contributed by atoms with E-state index in [0.29, 0.717) is 11.4 Å². The number of alkyl halides is 3. The molecule has 172 valence electrons. The number of amides is 1. The maximum absolute atomic E-state index is 13.2. The molecule has 0 unspecified atom stereocenters. The highest BCUT2D eigenvalue weighted by Gasteiger charge is 2.31. The van der Waals surface area contributed by atoms with Crippen LogP contribution in [0.5, 0.6) is 5.75 Å². The van der Waals surface area contributed by atoms with E-state index in [1.54, 1.807) is 6.07 Å². The summed E-state index contributed by atoms with van der Waals surface area (Å²) in [6, 6.07) is 9.02. The van der Waals surface area contributed by atoms with E-state index in [1.807, 2.05) is 30.9 Å². The van der Waals surface area contributed by atoms with E-state index in [0.717, 1.165) is 55.6 Å². The van der Waals surface area contributed by atoms with Crippen molar-refractivity contribution in [3.05, 3.63) is 53.1 Å². The van der Waals surface area contributed by atoms with Crippen LogP contribution in [0.3, 0.4) is 0 Å². The number of benzene rings is 2. The molecule has 2 N–H and O–H groups in total. The summed E-state index contributed by atoms with van der Waals surface area (Å²) in [5.74, 6) is 0.0413. The summed E-state index contributed by atoms with van der Waals surface area (Å²) < 4.78 is 45.2. The van der Waals surface area contributed by atoms with Crippen LogP contribution in [-0.2, 0) is 11.0 Å². The summed E-state index contributed by atoms with van der Waals surface area (Å²) in [5.41, 5.74) is 2.20. The maximum Gasteiger partial charge on any atom is 0.416 e. The van der Waals surface area contributed by atoms with Crippen molar-refractivity contribution in [3.8, 4) is 5.75 Å². The second kappa shape index (κ2) is 10.2. The Bertz CT molecular complexity index is 989.